The summed E-state index contributed by atoms with van der Waals surface area (Å²) in [5.41, 5.74) is -2.34. The van der Waals surface area contributed by atoms with Gasteiger partial charge < -0.3 is 11.7 Å². The Hall–Kier alpha value is -1.95. The summed E-state index contributed by atoms with van der Waals surface area (Å²) in [6.45, 7) is 0. The van der Waals surface area contributed by atoms with Gasteiger partial charge in [0.15, 0.2) is 23.0 Å². The maximum Gasteiger partial charge on any atom is 0.534 e. The highest BCUT2D eigenvalue weighted by molar-refractivity contribution is 14.1. The van der Waals surface area contributed by atoms with Gasteiger partial charge in [0.2, 0.25) is 0 Å². The average Bonchev–Trinajstić information content (AvgIpc) is 2.98. The number of furan rings is 1. The van der Waals surface area contributed by atoms with Gasteiger partial charge in [-0.1, -0.05) is 0 Å². The highest BCUT2D eigenvalue weighted by Gasteiger charge is 2.48. The Bertz CT molecular complexity index is 1150. The lowest BCUT2D eigenvalue weighted by Crippen LogP contribution is -2.28. The van der Waals surface area contributed by atoms with Crippen LogP contribution in [0.3, 0.4) is 0 Å². The smallest absolute Gasteiger partial charge is 0.456 e. The molecule has 142 valence electrons. The van der Waals surface area contributed by atoms with Crippen molar-refractivity contribution in [1.29, 1.82) is 0 Å². The van der Waals surface area contributed by atoms with E-state index in [0.29, 0.717) is 35.3 Å². The molecule has 1 heterocycles. The number of alkyl halides is 3. The van der Waals surface area contributed by atoms with Gasteiger partial charge in [0.05, 0.1) is 0 Å². The van der Waals surface area contributed by atoms with E-state index in [9.17, 15) is 21.6 Å². The Labute approximate surface area is 165 Å². The molecule has 0 fully saturated rings. The fraction of sp³-hybridized carbons (Fsp3) is 0.176. The zero-order valence-electron chi connectivity index (χ0n) is 13.3. The molecule has 4 rings (SSSR count). The second-order valence-electron chi connectivity index (χ2n) is 5.95. The van der Waals surface area contributed by atoms with Crippen molar-refractivity contribution in [3.63, 3.8) is 0 Å². The quantitative estimate of drug-likeness (QED) is 0.277. The Morgan fingerprint density at radius 3 is 2.48 bits per heavy atom. The van der Waals surface area contributed by atoms with Crippen LogP contribution in [0.2, 0.25) is 0 Å². The Morgan fingerprint density at radius 2 is 1.78 bits per heavy atom. The van der Waals surface area contributed by atoms with Gasteiger partial charge in [-0.05, 0) is 54.8 Å². The fourth-order valence-electron chi connectivity index (χ4n) is 3.13. The Balaban J connectivity index is 1.79. The number of fused-ring (bicyclic) bond motifs is 5. The second kappa shape index (κ2) is 6.30. The van der Waals surface area contributed by atoms with Gasteiger partial charge >= 0.3 is 15.6 Å². The first-order valence-electron chi connectivity index (χ1n) is 7.68. The van der Waals surface area contributed by atoms with Crippen LogP contribution in [0.1, 0.15) is 11.1 Å². The lowest BCUT2D eigenvalue weighted by molar-refractivity contribution is -0.0500. The third kappa shape index (κ3) is 3.14. The summed E-state index contributed by atoms with van der Waals surface area (Å²) in [7, 11) is -5.73. The predicted molar refractivity (Wildman–Crippen MR) is 99.3 cm³/mol. The van der Waals surface area contributed by atoms with Crippen molar-refractivity contribution in [2.45, 2.75) is 18.3 Å². The Kier molecular flexibility index (Phi) is 4.29. The first-order valence-corrected chi connectivity index (χ1v) is 9.96. The zero-order chi connectivity index (χ0) is 19.4. The lowest BCUT2D eigenvalue weighted by atomic mass is 9.89. The molecule has 0 saturated heterocycles. The molecule has 27 heavy (non-hydrogen) atoms. The lowest BCUT2D eigenvalue weighted by Gasteiger charge is -2.15. The predicted octanol–water partition coefficient (Wildman–Crippen LogP) is 5.16. The Morgan fingerprint density at radius 1 is 1.04 bits per heavy atom. The molecular formula is C17H10F3IO5S. The summed E-state index contributed by atoms with van der Waals surface area (Å²) in [5.74, 6) is 0.909. The van der Waals surface area contributed by atoms with E-state index in [1.165, 1.54) is 12.1 Å². The fourth-order valence-corrected chi connectivity index (χ4v) is 3.85. The summed E-state index contributed by atoms with van der Waals surface area (Å²) in [6.07, 6.45) is 1.28. The number of rotatable bonds is 3. The van der Waals surface area contributed by atoms with E-state index in [2.05, 4.69) is 4.18 Å². The molecule has 5 nitrogen and oxygen atoms in total. The molecule has 10 heteroatoms. The SMILES string of the molecule is O=S(=O)(Oc1ccc2oc3c(c2c1)CCc1cc(OI)ccc1-3)C(F)(F)F. The number of aryl methyl sites for hydroxylation is 2. The molecule has 3 aromatic rings. The highest BCUT2D eigenvalue weighted by atomic mass is 127. The third-order valence-electron chi connectivity index (χ3n) is 4.31. The van der Waals surface area contributed by atoms with E-state index in [1.807, 2.05) is 12.1 Å². The summed E-state index contributed by atoms with van der Waals surface area (Å²) in [4.78, 5) is 0. The van der Waals surface area contributed by atoms with Crippen LogP contribution < -0.4 is 7.25 Å². The number of benzene rings is 2. The van der Waals surface area contributed by atoms with Crippen molar-refractivity contribution in [2.75, 3.05) is 0 Å². The molecular weight excluding hydrogens is 500 g/mol. The van der Waals surface area contributed by atoms with Crippen molar-refractivity contribution >= 4 is 44.1 Å². The number of hydrogen-bond acceptors (Lipinski definition) is 5. The molecule has 0 aliphatic heterocycles. The van der Waals surface area contributed by atoms with Gasteiger partial charge in [0.25, 0.3) is 0 Å². The van der Waals surface area contributed by atoms with Crippen LogP contribution in [0.4, 0.5) is 13.2 Å². The first kappa shape index (κ1) is 18.4. The van der Waals surface area contributed by atoms with Crippen LogP contribution in [-0.2, 0) is 23.0 Å². The monoisotopic (exact) mass is 510 g/mol. The molecule has 0 bridgehead atoms. The molecule has 1 aliphatic carbocycles. The number of halogens is 4. The van der Waals surface area contributed by atoms with Crippen LogP contribution in [0, 0.1) is 0 Å². The molecule has 0 spiro atoms. The van der Waals surface area contributed by atoms with Crippen LogP contribution in [0.25, 0.3) is 22.3 Å². The van der Waals surface area contributed by atoms with E-state index < -0.39 is 21.4 Å². The van der Waals surface area contributed by atoms with Crippen LogP contribution >= 0.6 is 23.0 Å². The van der Waals surface area contributed by atoms with Gasteiger partial charge in [-0.15, -0.1) is 0 Å². The van der Waals surface area contributed by atoms with E-state index in [4.69, 9.17) is 7.48 Å². The van der Waals surface area contributed by atoms with Gasteiger partial charge in [-0.25, -0.2) is 0 Å². The summed E-state index contributed by atoms with van der Waals surface area (Å²) in [5, 5.41) is 0.528. The standard InChI is InChI=1S/C17H10F3IO5S/c18-17(19,20)27(22,23)26-11-3-6-15-14(8-11)13-4-1-9-7-10(25-21)2-5-12(9)16(13)24-15/h2-3,5-8H,1,4H2. The molecule has 0 unspecified atom stereocenters. The molecule has 2 aromatic carbocycles. The maximum atomic E-state index is 12.5. The minimum atomic E-state index is -5.73. The molecule has 0 radical (unpaired) electrons. The van der Waals surface area contributed by atoms with Crippen LogP contribution in [0.5, 0.6) is 11.5 Å². The number of hydrogen-bond donors (Lipinski definition) is 0. The molecule has 0 atom stereocenters. The highest BCUT2D eigenvalue weighted by Crippen LogP contribution is 2.42. The molecule has 0 N–H and O–H groups in total. The van der Waals surface area contributed by atoms with E-state index >= 15 is 0 Å². The van der Waals surface area contributed by atoms with E-state index in [-0.39, 0.29) is 0 Å². The zero-order valence-corrected chi connectivity index (χ0v) is 16.3. The summed E-state index contributed by atoms with van der Waals surface area (Å²) in [6, 6.07) is 9.34. The third-order valence-corrected chi connectivity index (χ3v) is 5.79. The van der Waals surface area contributed by atoms with Gasteiger partial charge in [-0.2, -0.15) is 21.6 Å². The van der Waals surface area contributed by atoms with Crippen molar-refractivity contribution in [2.24, 2.45) is 0 Å². The van der Waals surface area contributed by atoms with E-state index in [1.54, 1.807) is 29.1 Å². The van der Waals surface area contributed by atoms with Gasteiger partial charge in [-0.3, -0.25) is 0 Å². The van der Waals surface area contributed by atoms with Crippen molar-refractivity contribution in [3.05, 3.63) is 47.5 Å². The second-order valence-corrected chi connectivity index (χ2v) is 7.93. The molecule has 1 aromatic heterocycles. The van der Waals surface area contributed by atoms with Gasteiger partial charge in [0, 0.05) is 16.5 Å². The molecule has 0 saturated carbocycles. The van der Waals surface area contributed by atoms with Crippen LogP contribution in [-0.4, -0.2) is 13.9 Å². The average molecular weight is 510 g/mol. The summed E-state index contributed by atoms with van der Waals surface area (Å²) < 4.78 is 75.3. The van der Waals surface area contributed by atoms with Crippen molar-refractivity contribution in [1.82, 2.24) is 0 Å². The van der Waals surface area contributed by atoms with Crippen LogP contribution in [0.15, 0.2) is 40.8 Å². The minimum absolute atomic E-state index is 0.414. The normalized spacial score (nSPS) is 13.9. The first-order chi connectivity index (χ1) is 12.7. The topological polar surface area (TPSA) is 65.7 Å². The van der Waals surface area contributed by atoms with Crippen molar-refractivity contribution < 1.29 is 33.3 Å². The summed E-state index contributed by atoms with van der Waals surface area (Å²) >= 11 is 1.79. The molecule has 1 aliphatic rings. The maximum absolute atomic E-state index is 12.5. The van der Waals surface area contributed by atoms with Gasteiger partial charge in [0.1, 0.15) is 22.8 Å². The minimum Gasteiger partial charge on any atom is -0.456 e. The largest absolute Gasteiger partial charge is 0.534 e. The van der Waals surface area contributed by atoms with E-state index in [0.717, 1.165) is 22.8 Å². The molecule has 0 amide bonds. The van der Waals surface area contributed by atoms with Crippen molar-refractivity contribution in [3.8, 4) is 22.8 Å².